The van der Waals surface area contributed by atoms with E-state index >= 15 is 0 Å². The third-order valence-corrected chi connectivity index (χ3v) is 6.44. The van der Waals surface area contributed by atoms with Crippen LogP contribution in [0.4, 0.5) is 11.5 Å². The standard InChI is InChI=1S/C23H22N4OS/c28-19-5-3-4-18(12-19)26-23-22-20(24-15-25-23)13-21(29-22)17-8-6-16(7-9-17)14-27-10-1-2-11-27/h3-9,12-13,15,28H,1-2,10-11,14H2,(H,24,25,26). The van der Waals surface area contributed by atoms with Gasteiger partial charge >= 0.3 is 0 Å². The van der Waals surface area contributed by atoms with Crippen LogP contribution in [-0.4, -0.2) is 33.1 Å². The lowest BCUT2D eigenvalue weighted by Crippen LogP contribution is -2.18. The van der Waals surface area contributed by atoms with Crippen LogP contribution in [0.15, 0.2) is 60.9 Å². The number of rotatable bonds is 5. The summed E-state index contributed by atoms with van der Waals surface area (Å²) in [5.41, 5.74) is 4.28. The van der Waals surface area contributed by atoms with Crippen LogP contribution in [0.2, 0.25) is 0 Å². The smallest absolute Gasteiger partial charge is 0.151 e. The Morgan fingerprint density at radius 1 is 1.00 bits per heavy atom. The third kappa shape index (κ3) is 3.95. The monoisotopic (exact) mass is 402 g/mol. The molecule has 0 bridgehead atoms. The summed E-state index contributed by atoms with van der Waals surface area (Å²) < 4.78 is 1.01. The number of aromatic hydroxyl groups is 1. The van der Waals surface area contributed by atoms with Crippen molar-refractivity contribution in [3.63, 3.8) is 0 Å². The second-order valence-corrected chi connectivity index (χ2v) is 8.45. The van der Waals surface area contributed by atoms with Crippen LogP contribution in [0.5, 0.6) is 5.75 Å². The van der Waals surface area contributed by atoms with Crippen molar-refractivity contribution >= 4 is 33.1 Å². The Morgan fingerprint density at radius 2 is 1.83 bits per heavy atom. The summed E-state index contributed by atoms with van der Waals surface area (Å²) in [4.78, 5) is 12.5. The van der Waals surface area contributed by atoms with E-state index in [1.807, 2.05) is 6.07 Å². The molecular formula is C23H22N4OS. The minimum atomic E-state index is 0.223. The zero-order valence-electron chi connectivity index (χ0n) is 16.0. The molecule has 0 radical (unpaired) electrons. The number of hydrogen-bond donors (Lipinski definition) is 2. The topological polar surface area (TPSA) is 61.3 Å². The number of benzene rings is 2. The van der Waals surface area contributed by atoms with Gasteiger partial charge in [-0.2, -0.15) is 0 Å². The molecule has 0 amide bonds. The average Bonchev–Trinajstić information content (AvgIpc) is 3.39. The molecule has 2 aromatic heterocycles. The molecule has 1 fully saturated rings. The fourth-order valence-electron chi connectivity index (χ4n) is 3.78. The van der Waals surface area contributed by atoms with Crippen LogP contribution in [0.25, 0.3) is 20.7 Å². The van der Waals surface area contributed by atoms with E-state index in [1.54, 1.807) is 35.9 Å². The molecule has 6 heteroatoms. The zero-order chi connectivity index (χ0) is 19.6. The summed E-state index contributed by atoms with van der Waals surface area (Å²) in [5, 5.41) is 13.0. The molecule has 4 aromatic rings. The molecule has 0 spiro atoms. The number of thiophene rings is 1. The SMILES string of the molecule is Oc1cccc(Nc2ncnc3cc(-c4ccc(CN5CCCC5)cc4)sc23)c1. The number of nitrogens with zero attached hydrogens (tertiary/aromatic N) is 3. The van der Waals surface area contributed by atoms with Crippen molar-refractivity contribution in [3.8, 4) is 16.2 Å². The molecule has 5 nitrogen and oxygen atoms in total. The molecule has 3 heterocycles. The molecule has 2 aromatic carbocycles. The van der Waals surface area contributed by atoms with Crippen molar-refractivity contribution < 1.29 is 5.11 Å². The van der Waals surface area contributed by atoms with Crippen molar-refractivity contribution in [2.45, 2.75) is 19.4 Å². The van der Waals surface area contributed by atoms with Gasteiger partial charge in [0.25, 0.3) is 0 Å². The van der Waals surface area contributed by atoms with Crippen LogP contribution in [0, 0.1) is 0 Å². The highest BCUT2D eigenvalue weighted by Gasteiger charge is 2.13. The molecule has 146 valence electrons. The lowest BCUT2D eigenvalue weighted by atomic mass is 10.1. The fraction of sp³-hybridized carbons (Fsp3) is 0.217. The lowest BCUT2D eigenvalue weighted by molar-refractivity contribution is 0.331. The first-order valence-corrected chi connectivity index (χ1v) is 10.7. The highest BCUT2D eigenvalue weighted by Crippen LogP contribution is 2.36. The molecule has 0 atom stereocenters. The highest BCUT2D eigenvalue weighted by atomic mass is 32.1. The number of nitrogens with one attached hydrogen (secondary N) is 1. The molecule has 1 saturated heterocycles. The number of phenolic OH excluding ortho intramolecular Hbond substituents is 1. The zero-order valence-corrected chi connectivity index (χ0v) is 16.8. The largest absolute Gasteiger partial charge is 0.508 e. The molecule has 5 rings (SSSR count). The molecule has 1 aliphatic heterocycles. The summed E-state index contributed by atoms with van der Waals surface area (Å²) in [6, 6.07) is 18.0. The Labute approximate surface area is 173 Å². The Balaban J connectivity index is 1.41. The van der Waals surface area contributed by atoms with E-state index in [9.17, 15) is 5.11 Å². The van der Waals surface area contributed by atoms with Gasteiger partial charge in [-0.25, -0.2) is 9.97 Å². The molecular weight excluding hydrogens is 380 g/mol. The predicted molar refractivity (Wildman–Crippen MR) is 119 cm³/mol. The van der Waals surface area contributed by atoms with Crippen LogP contribution < -0.4 is 5.32 Å². The number of phenols is 1. The van der Waals surface area contributed by atoms with Crippen molar-refractivity contribution in [3.05, 3.63) is 66.5 Å². The van der Waals surface area contributed by atoms with Gasteiger partial charge in [-0.05, 0) is 55.3 Å². The maximum Gasteiger partial charge on any atom is 0.151 e. The summed E-state index contributed by atoms with van der Waals surface area (Å²) in [6.45, 7) is 3.47. The van der Waals surface area contributed by atoms with E-state index in [2.05, 4.69) is 50.5 Å². The van der Waals surface area contributed by atoms with Crippen LogP contribution in [0.3, 0.4) is 0 Å². The number of anilines is 2. The first-order valence-electron chi connectivity index (χ1n) is 9.87. The van der Waals surface area contributed by atoms with E-state index in [0.717, 1.165) is 28.3 Å². The first-order chi connectivity index (χ1) is 14.2. The van der Waals surface area contributed by atoms with E-state index in [-0.39, 0.29) is 5.75 Å². The van der Waals surface area contributed by atoms with E-state index in [0.29, 0.717) is 0 Å². The van der Waals surface area contributed by atoms with Gasteiger partial charge < -0.3 is 10.4 Å². The van der Waals surface area contributed by atoms with Crippen LogP contribution in [-0.2, 0) is 6.54 Å². The van der Waals surface area contributed by atoms with Crippen molar-refractivity contribution in [1.82, 2.24) is 14.9 Å². The summed E-state index contributed by atoms with van der Waals surface area (Å²) in [6.07, 6.45) is 4.21. The molecule has 1 aliphatic rings. The molecule has 29 heavy (non-hydrogen) atoms. The van der Waals surface area contributed by atoms with Gasteiger partial charge in [-0.15, -0.1) is 11.3 Å². The number of hydrogen-bond acceptors (Lipinski definition) is 6. The van der Waals surface area contributed by atoms with Crippen molar-refractivity contribution in [2.75, 3.05) is 18.4 Å². The number of aromatic nitrogens is 2. The average molecular weight is 403 g/mol. The molecule has 2 N–H and O–H groups in total. The normalized spacial score (nSPS) is 14.5. The van der Waals surface area contributed by atoms with Gasteiger partial charge in [0.1, 0.15) is 12.1 Å². The van der Waals surface area contributed by atoms with E-state index in [4.69, 9.17) is 0 Å². The third-order valence-electron chi connectivity index (χ3n) is 5.26. The maximum atomic E-state index is 9.70. The van der Waals surface area contributed by atoms with Gasteiger partial charge in [-0.3, -0.25) is 4.90 Å². The Kier molecular flexibility index (Phi) is 4.87. The van der Waals surface area contributed by atoms with Gasteiger partial charge in [0.05, 0.1) is 10.2 Å². The summed E-state index contributed by atoms with van der Waals surface area (Å²) in [7, 11) is 0. The Bertz CT molecular complexity index is 1130. The maximum absolute atomic E-state index is 9.70. The molecule has 0 aliphatic carbocycles. The fourth-order valence-corrected chi connectivity index (χ4v) is 4.84. The Hall–Kier alpha value is -2.96. The van der Waals surface area contributed by atoms with E-state index in [1.165, 1.54) is 41.9 Å². The number of fused-ring (bicyclic) bond motifs is 1. The molecule has 0 saturated carbocycles. The summed E-state index contributed by atoms with van der Waals surface area (Å²) in [5.74, 6) is 0.976. The second-order valence-electron chi connectivity index (χ2n) is 7.40. The number of likely N-dealkylation sites (tertiary alicyclic amines) is 1. The second kappa shape index (κ2) is 7.81. The van der Waals surface area contributed by atoms with Gasteiger partial charge in [0.2, 0.25) is 0 Å². The molecule has 0 unspecified atom stereocenters. The van der Waals surface area contributed by atoms with Crippen LogP contribution >= 0.6 is 11.3 Å². The van der Waals surface area contributed by atoms with E-state index < -0.39 is 0 Å². The minimum absolute atomic E-state index is 0.223. The van der Waals surface area contributed by atoms with Gasteiger partial charge in [0, 0.05) is 23.2 Å². The Morgan fingerprint density at radius 3 is 2.62 bits per heavy atom. The van der Waals surface area contributed by atoms with Crippen molar-refractivity contribution in [2.24, 2.45) is 0 Å². The van der Waals surface area contributed by atoms with Gasteiger partial charge in [0.15, 0.2) is 5.82 Å². The minimum Gasteiger partial charge on any atom is -0.508 e. The first kappa shape index (κ1) is 18.1. The van der Waals surface area contributed by atoms with Crippen LogP contribution in [0.1, 0.15) is 18.4 Å². The van der Waals surface area contributed by atoms with Gasteiger partial charge in [-0.1, -0.05) is 30.3 Å². The quantitative estimate of drug-likeness (QED) is 0.468. The summed E-state index contributed by atoms with van der Waals surface area (Å²) >= 11 is 1.68. The lowest BCUT2D eigenvalue weighted by Gasteiger charge is -2.14. The predicted octanol–water partition coefficient (Wildman–Crippen LogP) is 5.40. The highest BCUT2D eigenvalue weighted by molar-refractivity contribution is 7.22. The van der Waals surface area contributed by atoms with Crippen molar-refractivity contribution in [1.29, 1.82) is 0 Å².